The third-order valence-corrected chi connectivity index (χ3v) is 3.25. The summed E-state index contributed by atoms with van der Waals surface area (Å²) in [7, 11) is 3.04. The molecule has 0 aliphatic carbocycles. The van der Waals surface area contributed by atoms with E-state index in [1.54, 1.807) is 30.5 Å². The highest BCUT2D eigenvalue weighted by Crippen LogP contribution is 2.30. The van der Waals surface area contributed by atoms with Crippen molar-refractivity contribution in [2.45, 2.75) is 6.42 Å². The van der Waals surface area contributed by atoms with Crippen LogP contribution in [0.1, 0.15) is 15.9 Å². The van der Waals surface area contributed by atoms with Gasteiger partial charge in [-0.2, -0.15) is 0 Å². The molecule has 104 valence electrons. The Hall–Kier alpha value is -2.07. The molecule has 0 saturated carbocycles. The van der Waals surface area contributed by atoms with Crippen molar-refractivity contribution >= 4 is 17.4 Å². The minimum absolute atomic E-state index is 0.118. The van der Waals surface area contributed by atoms with Crippen molar-refractivity contribution in [2.75, 3.05) is 14.2 Å². The molecule has 1 aromatic heterocycles. The number of methoxy groups -OCH3 is 2. The number of nitrogens with zero attached hydrogens (tertiary/aromatic N) is 1. The molecular weight excluding hydrogens is 278 g/mol. The molecule has 0 bridgehead atoms. The normalized spacial score (nSPS) is 10.2. The van der Waals surface area contributed by atoms with Crippen LogP contribution in [0.3, 0.4) is 0 Å². The molecule has 20 heavy (non-hydrogen) atoms. The SMILES string of the molecule is COc1cccc(OC)c1C(=O)Cc1ccncc1Cl. The highest BCUT2D eigenvalue weighted by Gasteiger charge is 2.19. The number of carbonyl (C=O) groups excluding carboxylic acids is 1. The Bertz CT molecular complexity index is 606. The molecule has 0 aliphatic rings. The number of Topliss-reactive ketones (excluding diaryl/α,β-unsaturated/α-hetero) is 1. The number of carbonyl (C=O) groups is 1. The van der Waals surface area contributed by atoms with Crippen LogP contribution in [0.2, 0.25) is 5.02 Å². The molecular formula is C15H14ClNO3. The summed E-state index contributed by atoms with van der Waals surface area (Å²) in [6.45, 7) is 0. The highest BCUT2D eigenvalue weighted by molar-refractivity contribution is 6.31. The van der Waals surface area contributed by atoms with Crippen LogP contribution < -0.4 is 9.47 Å². The van der Waals surface area contributed by atoms with E-state index in [2.05, 4.69) is 4.98 Å². The maximum absolute atomic E-state index is 12.5. The molecule has 0 N–H and O–H groups in total. The Morgan fingerprint density at radius 1 is 1.20 bits per heavy atom. The second-order valence-corrected chi connectivity index (χ2v) is 4.51. The first-order valence-corrected chi connectivity index (χ1v) is 6.37. The fourth-order valence-corrected chi connectivity index (χ4v) is 2.12. The zero-order valence-corrected chi connectivity index (χ0v) is 12.0. The third kappa shape index (κ3) is 2.91. The Labute approximate surface area is 122 Å². The average Bonchev–Trinajstić information content (AvgIpc) is 2.48. The van der Waals surface area contributed by atoms with E-state index in [1.807, 2.05) is 0 Å². The van der Waals surface area contributed by atoms with Gasteiger partial charge in [-0.1, -0.05) is 17.7 Å². The molecule has 0 saturated heterocycles. The van der Waals surface area contributed by atoms with Gasteiger partial charge < -0.3 is 9.47 Å². The van der Waals surface area contributed by atoms with Gasteiger partial charge in [0.05, 0.1) is 19.2 Å². The zero-order valence-electron chi connectivity index (χ0n) is 11.2. The van der Waals surface area contributed by atoms with E-state index in [9.17, 15) is 4.79 Å². The summed E-state index contributed by atoms with van der Waals surface area (Å²) < 4.78 is 10.5. The number of rotatable bonds is 5. The van der Waals surface area contributed by atoms with Crippen molar-refractivity contribution in [3.63, 3.8) is 0 Å². The van der Waals surface area contributed by atoms with Crippen LogP contribution in [-0.2, 0) is 6.42 Å². The fraction of sp³-hybridized carbons (Fsp3) is 0.200. The van der Waals surface area contributed by atoms with Gasteiger partial charge in [-0.05, 0) is 23.8 Å². The van der Waals surface area contributed by atoms with E-state index < -0.39 is 0 Å². The molecule has 0 amide bonds. The Morgan fingerprint density at radius 2 is 1.85 bits per heavy atom. The number of halogens is 1. The predicted octanol–water partition coefficient (Wildman–Crippen LogP) is 3.18. The second kappa shape index (κ2) is 6.39. The van der Waals surface area contributed by atoms with Gasteiger partial charge in [-0.25, -0.2) is 0 Å². The van der Waals surface area contributed by atoms with Crippen molar-refractivity contribution in [1.82, 2.24) is 4.98 Å². The van der Waals surface area contributed by atoms with Crippen molar-refractivity contribution in [3.05, 3.63) is 52.8 Å². The predicted molar refractivity (Wildman–Crippen MR) is 76.8 cm³/mol. The van der Waals surface area contributed by atoms with E-state index in [0.29, 0.717) is 22.1 Å². The number of ketones is 1. The fourth-order valence-electron chi connectivity index (χ4n) is 1.93. The number of benzene rings is 1. The highest BCUT2D eigenvalue weighted by atomic mass is 35.5. The van der Waals surface area contributed by atoms with Crippen LogP contribution in [0.4, 0.5) is 0 Å². The van der Waals surface area contributed by atoms with Gasteiger partial charge in [0, 0.05) is 18.8 Å². The summed E-state index contributed by atoms with van der Waals surface area (Å²) in [5.41, 5.74) is 1.14. The lowest BCUT2D eigenvalue weighted by molar-refractivity contribution is 0.0987. The largest absolute Gasteiger partial charge is 0.496 e. The molecule has 0 fully saturated rings. The minimum Gasteiger partial charge on any atom is -0.496 e. The molecule has 0 unspecified atom stereocenters. The Kier molecular flexibility index (Phi) is 4.58. The summed E-state index contributed by atoms with van der Waals surface area (Å²) in [5, 5.41) is 0.467. The molecule has 5 heteroatoms. The molecule has 2 aromatic rings. The maximum atomic E-state index is 12.5. The van der Waals surface area contributed by atoms with Crippen molar-refractivity contribution in [3.8, 4) is 11.5 Å². The van der Waals surface area contributed by atoms with Crippen LogP contribution >= 0.6 is 11.6 Å². The lowest BCUT2D eigenvalue weighted by Gasteiger charge is -2.12. The van der Waals surface area contributed by atoms with Gasteiger partial charge in [-0.3, -0.25) is 9.78 Å². The smallest absolute Gasteiger partial charge is 0.174 e. The first-order valence-electron chi connectivity index (χ1n) is 6.00. The molecule has 1 aromatic carbocycles. The van der Waals surface area contributed by atoms with Gasteiger partial charge in [0.2, 0.25) is 0 Å². The van der Waals surface area contributed by atoms with Crippen LogP contribution in [-0.4, -0.2) is 25.0 Å². The maximum Gasteiger partial charge on any atom is 0.174 e. The number of aromatic nitrogens is 1. The van der Waals surface area contributed by atoms with Crippen LogP contribution in [0.5, 0.6) is 11.5 Å². The summed E-state index contributed by atoms with van der Waals surface area (Å²) in [4.78, 5) is 16.4. The van der Waals surface area contributed by atoms with E-state index in [-0.39, 0.29) is 12.2 Å². The third-order valence-electron chi connectivity index (χ3n) is 2.91. The van der Waals surface area contributed by atoms with Gasteiger partial charge >= 0.3 is 0 Å². The van der Waals surface area contributed by atoms with Crippen molar-refractivity contribution in [1.29, 1.82) is 0 Å². The number of hydrogen-bond donors (Lipinski definition) is 0. The molecule has 1 heterocycles. The average molecular weight is 292 g/mol. The van der Waals surface area contributed by atoms with Crippen LogP contribution in [0.15, 0.2) is 36.7 Å². The molecule has 2 rings (SSSR count). The van der Waals surface area contributed by atoms with Gasteiger partial charge in [-0.15, -0.1) is 0 Å². The lowest BCUT2D eigenvalue weighted by atomic mass is 10.0. The molecule has 4 nitrogen and oxygen atoms in total. The van der Waals surface area contributed by atoms with E-state index in [0.717, 1.165) is 5.56 Å². The number of pyridine rings is 1. The Morgan fingerprint density at radius 3 is 2.40 bits per heavy atom. The van der Waals surface area contributed by atoms with Crippen molar-refractivity contribution in [2.24, 2.45) is 0 Å². The first-order chi connectivity index (χ1) is 9.67. The van der Waals surface area contributed by atoms with Gasteiger partial charge in [0.15, 0.2) is 5.78 Å². The minimum atomic E-state index is -0.118. The van der Waals surface area contributed by atoms with E-state index in [1.165, 1.54) is 20.4 Å². The number of ether oxygens (including phenoxy) is 2. The molecule has 0 radical (unpaired) electrons. The summed E-state index contributed by atoms with van der Waals surface area (Å²) in [5.74, 6) is 0.853. The van der Waals surface area contributed by atoms with Gasteiger partial charge in [0.25, 0.3) is 0 Å². The molecule has 0 atom stereocenters. The molecule has 0 spiro atoms. The van der Waals surface area contributed by atoms with Crippen LogP contribution in [0.25, 0.3) is 0 Å². The monoisotopic (exact) mass is 291 g/mol. The zero-order chi connectivity index (χ0) is 14.5. The quantitative estimate of drug-likeness (QED) is 0.794. The lowest BCUT2D eigenvalue weighted by Crippen LogP contribution is -2.08. The van der Waals surface area contributed by atoms with E-state index >= 15 is 0 Å². The summed E-state index contributed by atoms with van der Waals surface area (Å²) in [6.07, 6.45) is 3.29. The number of hydrogen-bond acceptors (Lipinski definition) is 4. The second-order valence-electron chi connectivity index (χ2n) is 4.10. The first kappa shape index (κ1) is 14.3. The summed E-state index contributed by atoms with van der Waals surface area (Å²) >= 11 is 6.03. The molecule has 0 aliphatic heterocycles. The summed E-state index contributed by atoms with van der Waals surface area (Å²) in [6, 6.07) is 6.95. The standard InChI is InChI=1S/C15H14ClNO3/c1-19-13-4-3-5-14(20-2)15(13)12(18)8-10-6-7-17-9-11(10)16/h3-7,9H,8H2,1-2H3. The van der Waals surface area contributed by atoms with Crippen molar-refractivity contribution < 1.29 is 14.3 Å². The van der Waals surface area contributed by atoms with E-state index in [4.69, 9.17) is 21.1 Å². The van der Waals surface area contributed by atoms with Crippen LogP contribution in [0, 0.1) is 0 Å². The van der Waals surface area contributed by atoms with Gasteiger partial charge in [0.1, 0.15) is 17.1 Å². The Balaban J connectivity index is 2.36. The topological polar surface area (TPSA) is 48.4 Å².